The van der Waals surface area contributed by atoms with Gasteiger partial charge in [0.15, 0.2) is 0 Å². The van der Waals surface area contributed by atoms with E-state index < -0.39 is 17.6 Å². The van der Waals surface area contributed by atoms with Gasteiger partial charge in [0.2, 0.25) is 5.16 Å². The number of hydrogen-bond acceptors (Lipinski definition) is 6. The maximum Gasteiger partial charge on any atom is 0.453 e. The van der Waals surface area contributed by atoms with Crippen molar-refractivity contribution in [2.45, 2.75) is 30.9 Å². The van der Waals surface area contributed by atoms with Crippen LogP contribution >= 0.6 is 11.8 Å². The Balaban J connectivity index is 1.96. The average molecular weight is 370 g/mol. The van der Waals surface area contributed by atoms with E-state index in [-0.39, 0.29) is 10.9 Å². The molecule has 2 aromatic heterocycles. The molecule has 0 aliphatic carbocycles. The highest BCUT2D eigenvalue weighted by atomic mass is 32.2. The van der Waals surface area contributed by atoms with E-state index in [1.165, 1.54) is 6.07 Å². The molecule has 0 saturated carbocycles. The fraction of sp³-hybridized carbons (Fsp3) is 0.267. The van der Waals surface area contributed by atoms with Crippen LogP contribution in [0, 0.1) is 13.8 Å². The van der Waals surface area contributed by atoms with Crippen molar-refractivity contribution in [3.05, 3.63) is 51.1 Å². The quantitative estimate of drug-likeness (QED) is 0.433. The number of benzene rings is 1. The molecule has 0 saturated heterocycles. The summed E-state index contributed by atoms with van der Waals surface area (Å²) in [5.41, 5.74) is 2.37. The van der Waals surface area contributed by atoms with Crippen molar-refractivity contribution >= 4 is 22.7 Å². The number of alkyl halides is 3. The van der Waals surface area contributed by atoms with Crippen molar-refractivity contribution in [3.63, 3.8) is 0 Å². The van der Waals surface area contributed by atoms with Crippen molar-refractivity contribution in [3.8, 4) is 0 Å². The van der Waals surface area contributed by atoms with E-state index in [1.54, 1.807) is 0 Å². The molecule has 0 unspecified atom stereocenters. The number of hydrogen-bond donors (Lipinski definition) is 1. The van der Waals surface area contributed by atoms with Gasteiger partial charge in [0.25, 0.3) is 5.82 Å². The third kappa shape index (κ3) is 3.21. The second-order valence-corrected chi connectivity index (χ2v) is 6.38. The van der Waals surface area contributed by atoms with Crippen molar-refractivity contribution in [1.82, 2.24) is 14.9 Å². The molecule has 6 nitrogen and oxygen atoms in total. The lowest BCUT2D eigenvalue weighted by atomic mass is 10.0. The number of thioether (sulfide) groups is 1. The Kier molecular flexibility index (Phi) is 4.23. The molecule has 3 rings (SSSR count). The summed E-state index contributed by atoms with van der Waals surface area (Å²) in [6.45, 7) is 3.73. The number of nitrogens with zero attached hydrogens (tertiary/aromatic N) is 3. The van der Waals surface area contributed by atoms with Gasteiger partial charge in [-0.15, -0.1) is 10.2 Å². The molecular formula is C15H13F3N4O2S. The van der Waals surface area contributed by atoms with Gasteiger partial charge in [0.05, 0.1) is 0 Å². The molecular weight excluding hydrogens is 357 g/mol. The molecule has 0 atom stereocenters. The van der Waals surface area contributed by atoms with Crippen LogP contribution in [0.25, 0.3) is 11.0 Å². The Morgan fingerprint density at radius 3 is 2.64 bits per heavy atom. The van der Waals surface area contributed by atoms with Crippen LogP contribution in [0.1, 0.15) is 22.5 Å². The molecule has 1 aromatic carbocycles. The monoisotopic (exact) mass is 370 g/mol. The predicted octanol–water partition coefficient (Wildman–Crippen LogP) is 3.03. The van der Waals surface area contributed by atoms with Gasteiger partial charge in [-0.2, -0.15) is 13.2 Å². The number of fused-ring (bicyclic) bond motifs is 1. The summed E-state index contributed by atoms with van der Waals surface area (Å²) in [5.74, 6) is 4.32. The summed E-state index contributed by atoms with van der Waals surface area (Å²) in [7, 11) is 0. The molecule has 132 valence electrons. The van der Waals surface area contributed by atoms with E-state index in [9.17, 15) is 18.0 Å². The minimum Gasteiger partial charge on any atom is -0.422 e. The van der Waals surface area contributed by atoms with Crippen molar-refractivity contribution < 1.29 is 17.6 Å². The van der Waals surface area contributed by atoms with Gasteiger partial charge in [-0.25, -0.2) is 9.47 Å². The minimum atomic E-state index is -4.68. The SMILES string of the molecule is Cc1ccc2c(CSc3nnc(C(F)(F)F)n3N)cc(=O)oc2c1C. The zero-order chi connectivity index (χ0) is 18.4. The first kappa shape index (κ1) is 17.3. The highest BCUT2D eigenvalue weighted by molar-refractivity contribution is 7.98. The van der Waals surface area contributed by atoms with Crippen LogP contribution in [0.15, 0.2) is 32.6 Å². The maximum atomic E-state index is 12.7. The minimum absolute atomic E-state index is 0.0995. The largest absolute Gasteiger partial charge is 0.453 e. The first-order chi connectivity index (χ1) is 11.7. The fourth-order valence-corrected chi connectivity index (χ4v) is 3.20. The Hall–Kier alpha value is -2.49. The predicted molar refractivity (Wildman–Crippen MR) is 86.7 cm³/mol. The first-order valence-electron chi connectivity index (χ1n) is 7.12. The zero-order valence-corrected chi connectivity index (χ0v) is 14.0. The number of nitrogen functional groups attached to an aromatic ring is 1. The lowest BCUT2D eigenvalue weighted by Crippen LogP contribution is -2.21. The molecule has 3 aromatic rings. The van der Waals surface area contributed by atoms with Crippen molar-refractivity contribution in [2.24, 2.45) is 0 Å². The van der Waals surface area contributed by atoms with Crippen molar-refractivity contribution in [2.75, 3.05) is 5.84 Å². The second kappa shape index (κ2) is 6.10. The third-order valence-electron chi connectivity index (χ3n) is 3.79. The fourth-order valence-electron chi connectivity index (χ4n) is 2.36. The highest BCUT2D eigenvalue weighted by Gasteiger charge is 2.38. The van der Waals surface area contributed by atoms with Crippen LogP contribution in [0.3, 0.4) is 0 Å². The summed E-state index contributed by atoms with van der Waals surface area (Å²) in [4.78, 5) is 11.8. The zero-order valence-electron chi connectivity index (χ0n) is 13.2. The smallest absolute Gasteiger partial charge is 0.422 e. The molecule has 25 heavy (non-hydrogen) atoms. The van der Waals surface area contributed by atoms with E-state index >= 15 is 0 Å². The Labute approximate surface area is 143 Å². The van der Waals surface area contributed by atoms with Crippen LogP contribution in [-0.2, 0) is 11.9 Å². The average Bonchev–Trinajstić information content (AvgIpc) is 2.90. The molecule has 0 bridgehead atoms. The van der Waals surface area contributed by atoms with E-state index in [0.29, 0.717) is 21.2 Å². The van der Waals surface area contributed by atoms with Crippen LogP contribution in [0.5, 0.6) is 0 Å². The molecule has 2 heterocycles. The topological polar surface area (TPSA) is 86.9 Å². The number of aryl methyl sites for hydroxylation is 2. The van der Waals surface area contributed by atoms with Gasteiger partial charge in [-0.3, -0.25) is 0 Å². The standard InChI is InChI=1S/C15H13F3N4O2S/c1-7-3-4-10-9(5-11(23)24-12(10)8(7)2)6-25-14-21-20-13(22(14)19)15(16,17)18/h3-5H,6,19H2,1-2H3. The molecule has 2 N–H and O–H groups in total. The van der Waals surface area contributed by atoms with Gasteiger partial charge in [0.1, 0.15) is 5.58 Å². The Bertz CT molecular complexity index is 1010. The summed E-state index contributed by atoms with van der Waals surface area (Å²) >= 11 is 0.954. The molecule has 0 amide bonds. The molecule has 0 fully saturated rings. The van der Waals surface area contributed by atoms with Crippen LogP contribution in [0.2, 0.25) is 0 Å². The van der Waals surface area contributed by atoms with Crippen molar-refractivity contribution in [1.29, 1.82) is 0 Å². The Morgan fingerprint density at radius 1 is 1.28 bits per heavy atom. The third-order valence-corrected chi connectivity index (χ3v) is 4.78. The summed E-state index contributed by atoms with van der Waals surface area (Å²) in [5, 5.41) is 7.15. The van der Waals surface area contributed by atoms with E-state index in [1.807, 2.05) is 26.0 Å². The van der Waals surface area contributed by atoms with Crippen LogP contribution in [-0.4, -0.2) is 14.9 Å². The lowest BCUT2D eigenvalue weighted by molar-refractivity contribution is -0.146. The molecule has 10 heteroatoms. The molecule has 0 aliphatic rings. The number of nitrogens with two attached hydrogens (primary N) is 1. The number of aromatic nitrogens is 3. The van der Waals surface area contributed by atoms with Gasteiger partial charge < -0.3 is 10.3 Å². The maximum absolute atomic E-state index is 12.7. The summed E-state index contributed by atoms with van der Waals surface area (Å²) < 4.78 is 43.8. The highest BCUT2D eigenvalue weighted by Crippen LogP contribution is 2.31. The van der Waals surface area contributed by atoms with Crippen LogP contribution in [0.4, 0.5) is 13.2 Å². The molecule has 0 radical (unpaired) electrons. The molecule has 0 spiro atoms. The van der Waals surface area contributed by atoms with Gasteiger partial charge >= 0.3 is 11.8 Å². The molecule has 0 aliphatic heterocycles. The normalized spacial score (nSPS) is 12.0. The van der Waals surface area contributed by atoms with E-state index in [2.05, 4.69) is 10.2 Å². The number of halogens is 3. The summed E-state index contributed by atoms with van der Waals surface area (Å²) in [6, 6.07) is 5.01. The first-order valence-corrected chi connectivity index (χ1v) is 8.10. The lowest BCUT2D eigenvalue weighted by Gasteiger charge is -2.09. The summed E-state index contributed by atoms with van der Waals surface area (Å²) in [6.07, 6.45) is -4.68. The second-order valence-electron chi connectivity index (χ2n) is 5.44. The Morgan fingerprint density at radius 2 is 2.00 bits per heavy atom. The van der Waals surface area contributed by atoms with Gasteiger partial charge in [0, 0.05) is 17.2 Å². The van der Waals surface area contributed by atoms with E-state index in [0.717, 1.165) is 22.9 Å². The van der Waals surface area contributed by atoms with Crippen LogP contribution < -0.4 is 11.5 Å². The van der Waals surface area contributed by atoms with Gasteiger partial charge in [-0.1, -0.05) is 23.9 Å². The number of rotatable bonds is 3. The van der Waals surface area contributed by atoms with Gasteiger partial charge in [-0.05, 0) is 30.5 Å². The van der Waals surface area contributed by atoms with E-state index in [4.69, 9.17) is 10.3 Å².